The van der Waals surface area contributed by atoms with Crippen molar-refractivity contribution >= 4 is 28.2 Å². The molecular formula is C22H23N3. The van der Waals surface area contributed by atoms with E-state index in [1.165, 1.54) is 21.9 Å². The fourth-order valence-corrected chi connectivity index (χ4v) is 3.37. The zero-order chi connectivity index (χ0) is 17.1. The molecule has 0 radical (unpaired) electrons. The minimum Gasteiger partial charge on any atom is -0.354 e. The summed E-state index contributed by atoms with van der Waals surface area (Å²) in [6.07, 6.45) is 2.21. The van der Waals surface area contributed by atoms with Crippen LogP contribution >= 0.6 is 0 Å². The zero-order valence-electron chi connectivity index (χ0n) is 14.6. The van der Waals surface area contributed by atoms with Crippen LogP contribution in [0.2, 0.25) is 0 Å². The number of hydrogen-bond acceptors (Lipinski definition) is 3. The molecule has 0 bridgehead atoms. The Balaban J connectivity index is 1.80. The van der Waals surface area contributed by atoms with Crippen molar-refractivity contribution in [1.29, 1.82) is 0 Å². The van der Waals surface area contributed by atoms with Gasteiger partial charge in [-0.25, -0.2) is 4.98 Å². The Morgan fingerprint density at radius 2 is 1.72 bits per heavy atom. The molecule has 2 heterocycles. The maximum absolute atomic E-state index is 5.05. The minimum atomic E-state index is 1.00. The summed E-state index contributed by atoms with van der Waals surface area (Å²) in [6.45, 7) is 6.17. The van der Waals surface area contributed by atoms with E-state index in [-0.39, 0.29) is 0 Å². The Bertz CT molecular complexity index is 894. The SMILES string of the molecule is C/C(=C\c1ccccc1)c1cc2ccccc2c(N2CCNCC2)n1. The van der Waals surface area contributed by atoms with Gasteiger partial charge in [0.25, 0.3) is 0 Å². The number of aromatic nitrogens is 1. The molecule has 0 amide bonds. The van der Waals surface area contributed by atoms with Gasteiger partial charge in [-0.3, -0.25) is 0 Å². The number of hydrogen-bond donors (Lipinski definition) is 1. The standard InChI is InChI=1S/C22H23N3/c1-17(15-18-7-3-2-4-8-18)21-16-19-9-5-6-10-20(19)22(24-21)25-13-11-23-12-14-25/h2-10,15-16,23H,11-14H2,1H3/b17-15+. The number of allylic oxidation sites excluding steroid dienone is 1. The molecule has 4 rings (SSSR count). The molecule has 3 heteroatoms. The van der Waals surface area contributed by atoms with Gasteiger partial charge in [0.15, 0.2) is 0 Å². The smallest absolute Gasteiger partial charge is 0.137 e. The normalized spacial score (nSPS) is 15.6. The Labute approximate surface area is 149 Å². The molecule has 0 saturated carbocycles. The van der Waals surface area contributed by atoms with E-state index < -0.39 is 0 Å². The zero-order valence-corrected chi connectivity index (χ0v) is 14.6. The van der Waals surface area contributed by atoms with Crippen LogP contribution in [0, 0.1) is 0 Å². The second-order valence-corrected chi connectivity index (χ2v) is 6.53. The van der Waals surface area contributed by atoms with Crippen molar-refractivity contribution in [1.82, 2.24) is 10.3 Å². The van der Waals surface area contributed by atoms with Crippen LogP contribution in [0.25, 0.3) is 22.4 Å². The van der Waals surface area contributed by atoms with Gasteiger partial charge in [-0.2, -0.15) is 0 Å². The van der Waals surface area contributed by atoms with Crippen LogP contribution in [0.15, 0.2) is 60.7 Å². The topological polar surface area (TPSA) is 28.2 Å². The molecule has 1 aromatic heterocycles. The van der Waals surface area contributed by atoms with E-state index in [2.05, 4.69) is 77.8 Å². The maximum atomic E-state index is 5.05. The highest BCUT2D eigenvalue weighted by Crippen LogP contribution is 2.29. The Morgan fingerprint density at radius 3 is 2.52 bits per heavy atom. The molecule has 1 aliphatic heterocycles. The van der Waals surface area contributed by atoms with Crippen LogP contribution < -0.4 is 10.2 Å². The van der Waals surface area contributed by atoms with E-state index in [9.17, 15) is 0 Å². The maximum Gasteiger partial charge on any atom is 0.137 e. The van der Waals surface area contributed by atoms with Gasteiger partial charge in [0.2, 0.25) is 0 Å². The molecule has 0 aliphatic carbocycles. The molecule has 3 nitrogen and oxygen atoms in total. The molecule has 1 aliphatic rings. The lowest BCUT2D eigenvalue weighted by Crippen LogP contribution is -2.44. The predicted molar refractivity (Wildman–Crippen MR) is 107 cm³/mol. The number of benzene rings is 2. The first-order valence-corrected chi connectivity index (χ1v) is 8.90. The number of nitrogens with one attached hydrogen (secondary N) is 1. The Hall–Kier alpha value is -2.65. The van der Waals surface area contributed by atoms with Gasteiger partial charge >= 0.3 is 0 Å². The number of anilines is 1. The minimum absolute atomic E-state index is 1.00. The van der Waals surface area contributed by atoms with Gasteiger partial charge in [0, 0.05) is 31.6 Å². The second kappa shape index (κ2) is 7.08. The molecule has 25 heavy (non-hydrogen) atoms. The molecule has 2 aromatic carbocycles. The fourth-order valence-electron chi connectivity index (χ4n) is 3.37. The van der Waals surface area contributed by atoms with Gasteiger partial charge in [-0.05, 0) is 35.6 Å². The van der Waals surface area contributed by atoms with E-state index in [1.807, 2.05) is 6.07 Å². The first-order chi connectivity index (χ1) is 12.3. The molecule has 126 valence electrons. The van der Waals surface area contributed by atoms with Crippen molar-refractivity contribution < 1.29 is 0 Å². The summed E-state index contributed by atoms with van der Waals surface area (Å²) in [4.78, 5) is 7.45. The Morgan fingerprint density at radius 1 is 1.00 bits per heavy atom. The van der Waals surface area contributed by atoms with Crippen LogP contribution in [0.4, 0.5) is 5.82 Å². The summed E-state index contributed by atoms with van der Waals surface area (Å²) in [7, 11) is 0. The second-order valence-electron chi connectivity index (χ2n) is 6.53. The van der Waals surface area contributed by atoms with Crippen molar-refractivity contribution in [2.45, 2.75) is 6.92 Å². The molecule has 0 atom stereocenters. The third-order valence-corrected chi connectivity index (χ3v) is 4.72. The number of rotatable bonds is 3. The highest BCUT2D eigenvalue weighted by molar-refractivity contribution is 5.95. The van der Waals surface area contributed by atoms with Crippen molar-refractivity contribution in [3.05, 3.63) is 71.9 Å². The van der Waals surface area contributed by atoms with Crippen LogP contribution in [-0.4, -0.2) is 31.2 Å². The van der Waals surface area contributed by atoms with Crippen molar-refractivity contribution in [2.75, 3.05) is 31.1 Å². The molecule has 1 saturated heterocycles. The monoisotopic (exact) mass is 329 g/mol. The lowest BCUT2D eigenvalue weighted by molar-refractivity contribution is 0.586. The highest BCUT2D eigenvalue weighted by atomic mass is 15.2. The van der Waals surface area contributed by atoms with Gasteiger partial charge in [0.1, 0.15) is 5.82 Å². The van der Waals surface area contributed by atoms with Crippen molar-refractivity contribution in [3.63, 3.8) is 0 Å². The summed E-state index contributed by atoms with van der Waals surface area (Å²) < 4.78 is 0. The molecule has 1 fully saturated rings. The lowest BCUT2D eigenvalue weighted by atomic mass is 10.0. The van der Waals surface area contributed by atoms with E-state index in [1.54, 1.807) is 0 Å². The first-order valence-electron chi connectivity index (χ1n) is 8.90. The summed E-state index contributed by atoms with van der Waals surface area (Å²) in [6, 6.07) is 21.2. The number of fused-ring (bicyclic) bond motifs is 1. The average Bonchev–Trinajstić information content (AvgIpc) is 2.68. The highest BCUT2D eigenvalue weighted by Gasteiger charge is 2.16. The van der Waals surface area contributed by atoms with Crippen LogP contribution in [-0.2, 0) is 0 Å². The summed E-state index contributed by atoms with van der Waals surface area (Å²) in [5.74, 6) is 1.11. The number of nitrogens with zero attached hydrogens (tertiary/aromatic N) is 2. The van der Waals surface area contributed by atoms with Crippen molar-refractivity contribution in [3.8, 4) is 0 Å². The van der Waals surface area contributed by atoms with Gasteiger partial charge in [-0.1, -0.05) is 54.6 Å². The molecule has 3 aromatic rings. The fraction of sp³-hybridized carbons (Fsp3) is 0.227. The summed E-state index contributed by atoms with van der Waals surface area (Å²) in [5, 5.41) is 5.91. The quantitative estimate of drug-likeness (QED) is 0.780. The van der Waals surface area contributed by atoms with E-state index in [4.69, 9.17) is 4.98 Å². The summed E-state index contributed by atoms with van der Waals surface area (Å²) in [5.41, 5.74) is 3.45. The lowest BCUT2D eigenvalue weighted by Gasteiger charge is -2.29. The largest absolute Gasteiger partial charge is 0.354 e. The molecule has 0 spiro atoms. The van der Waals surface area contributed by atoms with E-state index >= 15 is 0 Å². The predicted octanol–water partition coefficient (Wildman–Crippen LogP) is 4.20. The number of pyridine rings is 1. The Kier molecular flexibility index (Phi) is 4.49. The molecule has 1 N–H and O–H groups in total. The summed E-state index contributed by atoms with van der Waals surface area (Å²) >= 11 is 0. The van der Waals surface area contributed by atoms with Crippen molar-refractivity contribution in [2.24, 2.45) is 0 Å². The molecular weight excluding hydrogens is 306 g/mol. The third-order valence-electron chi connectivity index (χ3n) is 4.72. The van der Waals surface area contributed by atoms with E-state index in [0.717, 1.165) is 37.7 Å². The average molecular weight is 329 g/mol. The van der Waals surface area contributed by atoms with Gasteiger partial charge in [-0.15, -0.1) is 0 Å². The van der Waals surface area contributed by atoms with Crippen LogP contribution in [0.3, 0.4) is 0 Å². The third kappa shape index (κ3) is 3.42. The first kappa shape index (κ1) is 15.9. The van der Waals surface area contributed by atoms with E-state index in [0.29, 0.717) is 0 Å². The van der Waals surface area contributed by atoms with Crippen LogP contribution in [0.5, 0.6) is 0 Å². The number of piperazine rings is 1. The van der Waals surface area contributed by atoms with Crippen LogP contribution in [0.1, 0.15) is 18.2 Å². The van der Waals surface area contributed by atoms with Gasteiger partial charge in [0.05, 0.1) is 5.69 Å². The molecule has 0 unspecified atom stereocenters. The van der Waals surface area contributed by atoms with Gasteiger partial charge < -0.3 is 10.2 Å².